The molecule has 0 aliphatic heterocycles. The summed E-state index contributed by atoms with van der Waals surface area (Å²) in [5, 5.41) is 4.03. The Bertz CT molecular complexity index is 829. The standard InChI is InChI=1S/C18H19N3O3/c1-23-8-9-24-17-10-13(6-7-19-17)18(22)21-12-14-11-20-16-5-3-2-4-15(14)16/h2-7,10-11,20H,8-9,12H2,1H3,(H,21,22). The molecule has 0 aliphatic carbocycles. The number of carbonyl (C=O) groups is 1. The van der Waals surface area contributed by atoms with E-state index in [1.54, 1.807) is 25.4 Å². The molecule has 24 heavy (non-hydrogen) atoms. The highest BCUT2D eigenvalue weighted by molar-refractivity contribution is 5.94. The Morgan fingerprint density at radius 1 is 1.25 bits per heavy atom. The third kappa shape index (κ3) is 3.72. The topological polar surface area (TPSA) is 76.2 Å². The van der Waals surface area contributed by atoms with E-state index in [9.17, 15) is 4.79 Å². The summed E-state index contributed by atoms with van der Waals surface area (Å²) < 4.78 is 10.3. The minimum atomic E-state index is -0.167. The molecule has 0 spiro atoms. The first kappa shape index (κ1) is 16.0. The fourth-order valence-corrected chi connectivity index (χ4v) is 2.41. The normalized spacial score (nSPS) is 10.7. The average Bonchev–Trinajstić information content (AvgIpc) is 3.03. The van der Waals surface area contributed by atoms with Gasteiger partial charge in [-0.15, -0.1) is 0 Å². The van der Waals surface area contributed by atoms with Crippen LogP contribution in [-0.4, -0.2) is 36.2 Å². The zero-order chi connectivity index (χ0) is 16.8. The number of nitrogens with zero attached hydrogens (tertiary/aromatic N) is 1. The van der Waals surface area contributed by atoms with Crippen molar-refractivity contribution >= 4 is 16.8 Å². The maximum absolute atomic E-state index is 12.3. The Balaban J connectivity index is 1.63. The fourth-order valence-electron chi connectivity index (χ4n) is 2.41. The predicted molar refractivity (Wildman–Crippen MR) is 91.1 cm³/mol. The van der Waals surface area contributed by atoms with E-state index in [2.05, 4.69) is 15.3 Å². The van der Waals surface area contributed by atoms with Gasteiger partial charge < -0.3 is 19.8 Å². The van der Waals surface area contributed by atoms with Crippen LogP contribution < -0.4 is 10.1 Å². The van der Waals surface area contributed by atoms with E-state index in [4.69, 9.17) is 9.47 Å². The summed E-state index contributed by atoms with van der Waals surface area (Å²) in [6.45, 7) is 1.31. The summed E-state index contributed by atoms with van der Waals surface area (Å²) in [4.78, 5) is 19.6. The second-order valence-corrected chi connectivity index (χ2v) is 5.27. The van der Waals surface area contributed by atoms with Crippen molar-refractivity contribution in [2.24, 2.45) is 0 Å². The second-order valence-electron chi connectivity index (χ2n) is 5.27. The van der Waals surface area contributed by atoms with Crippen molar-refractivity contribution in [1.82, 2.24) is 15.3 Å². The highest BCUT2D eigenvalue weighted by Crippen LogP contribution is 2.17. The lowest BCUT2D eigenvalue weighted by Crippen LogP contribution is -2.22. The lowest BCUT2D eigenvalue weighted by Gasteiger charge is -2.07. The molecule has 2 aromatic heterocycles. The average molecular weight is 325 g/mol. The molecule has 0 radical (unpaired) electrons. The summed E-state index contributed by atoms with van der Waals surface area (Å²) >= 11 is 0. The smallest absolute Gasteiger partial charge is 0.251 e. The third-order valence-corrected chi connectivity index (χ3v) is 3.65. The maximum Gasteiger partial charge on any atom is 0.251 e. The summed E-state index contributed by atoms with van der Waals surface area (Å²) in [5.74, 6) is 0.242. The maximum atomic E-state index is 12.3. The number of ether oxygens (including phenoxy) is 2. The molecule has 0 fully saturated rings. The molecular formula is C18H19N3O3. The van der Waals surface area contributed by atoms with Crippen LogP contribution in [0.3, 0.4) is 0 Å². The van der Waals surface area contributed by atoms with Crippen LogP contribution in [0.2, 0.25) is 0 Å². The van der Waals surface area contributed by atoms with Gasteiger partial charge in [-0.3, -0.25) is 4.79 Å². The van der Waals surface area contributed by atoms with E-state index < -0.39 is 0 Å². The molecule has 0 saturated carbocycles. The van der Waals surface area contributed by atoms with Crippen molar-refractivity contribution in [2.75, 3.05) is 20.3 Å². The molecule has 124 valence electrons. The molecule has 6 nitrogen and oxygen atoms in total. The van der Waals surface area contributed by atoms with Gasteiger partial charge in [0.1, 0.15) is 6.61 Å². The Kier molecular flexibility index (Phi) is 5.08. The number of para-hydroxylation sites is 1. The van der Waals surface area contributed by atoms with Crippen LogP contribution in [0.4, 0.5) is 0 Å². The molecule has 0 aliphatic rings. The van der Waals surface area contributed by atoms with E-state index in [1.165, 1.54) is 0 Å². The number of amides is 1. The summed E-state index contributed by atoms with van der Waals surface area (Å²) in [6, 6.07) is 11.3. The molecule has 3 rings (SSSR count). The van der Waals surface area contributed by atoms with Crippen LogP contribution in [0.5, 0.6) is 5.88 Å². The molecular weight excluding hydrogens is 306 g/mol. The van der Waals surface area contributed by atoms with E-state index in [-0.39, 0.29) is 5.91 Å². The zero-order valence-electron chi connectivity index (χ0n) is 13.4. The van der Waals surface area contributed by atoms with Gasteiger partial charge in [-0.1, -0.05) is 18.2 Å². The number of aromatic nitrogens is 2. The van der Waals surface area contributed by atoms with E-state index in [1.807, 2.05) is 30.5 Å². The minimum absolute atomic E-state index is 0.167. The van der Waals surface area contributed by atoms with Crippen LogP contribution in [-0.2, 0) is 11.3 Å². The minimum Gasteiger partial charge on any atom is -0.475 e. The second kappa shape index (κ2) is 7.61. The van der Waals surface area contributed by atoms with Gasteiger partial charge in [0, 0.05) is 48.6 Å². The van der Waals surface area contributed by atoms with Crippen molar-refractivity contribution in [3.05, 3.63) is 59.9 Å². The van der Waals surface area contributed by atoms with Gasteiger partial charge in [-0.05, 0) is 17.7 Å². The van der Waals surface area contributed by atoms with Gasteiger partial charge in [0.25, 0.3) is 5.91 Å². The first-order valence-electron chi connectivity index (χ1n) is 7.69. The van der Waals surface area contributed by atoms with Crippen molar-refractivity contribution in [3.8, 4) is 5.88 Å². The number of H-pyrrole nitrogens is 1. The number of hydrogen-bond donors (Lipinski definition) is 2. The number of benzene rings is 1. The van der Waals surface area contributed by atoms with Gasteiger partial charge in [0.05, 0.1) is 6.61 Å². The fraction of sp³-hybridized carbons (Fsp3) is 0.222. The summed E-state index contributed by atoms with van der Waals surface area (Å²) in [7, 11) is 1.60. The summed E-state index contributed by atoms with van der Waals surface area (Å²) in [6.07, 6.45) is 3.47. The molecule has 6 heteroatoms. The quantitative estimate of drug-likeness (QED) is 0.655. The Morgan fingerprint density at radius 2 is 2.12 bits per heavy atom. The lowest BCUT2D eigenvalue weighted by molar-refractivity contribution is 0.0950. The van der Waals surface area contributed by atoms with Crippen molar-refractivity contribution in [1.29, 1.82) is 0 Å². The highest BCUT2D eigenvalue weighted by Gasteiger charge is 2.09. The molecule has 3 aromatic rings. The number of methoxy groups -OCH3 is 1. The number of fused-ring (bicyclic) bond motifs is 1. The van der Waals surface area contributed by atoms with Crippen molar-refractivity contribution < 1.29 is 14.3 Å². The van der Waals surface area contributed by atoms with E-state index in [0.29, 0.717) is 31.2 Å². The Labute approximate surface area is 139 Å². The predicted octanol–water partition coefficient (Wildman–Crippen LogP) is 2.52. The SMILES string of the molecule is COCCOc1cc(C(=O)NCc2c[nH]c3ccccc23)ccn1. The van der Waals surface area contributed by atoms with Crippen LogP contribution in [0.1, 0.15) is 15.9 Å². The molecule has 0 saturated heterocycles. The lowest BCUT2D eigenvalue weighted by atomic mass is 10.1. The molecule has 2 N–H and O–H groups in total. The van der Waals surface area contributed by atoms with Crippen LogP contribution in [0.15, 0.2) is 48.8 Å². The van der Waals surface area contributed by atoms with Crippen LogP contribution in [0.25, 0.3) is 10.9 Å². The summed E-state index contributed by atoms with van der Waals surface area (Å²) in [5.41, 5.74) is 2.61. The van der Waals surface area contributed by atoms with Gasteiger partial charge >= 0.3 is 0 Å². The first-order chi connectivity index (χ1) is 11.8. The first-order valence-corrected chi connectivity index (χ1v) is 7.69. The molecule has 0 unspecified atom stereocenters. The van der Waals surface area contributed by atoms with Gasteiger partial charge in [0.15, 0.2) is 0 Å². The zero-order valence-corrected chi connectivity index (χ0v) is 13.4. The number of nitrogens with one attached hydrogen (secondary N) is 2. The monoisotopic (exact) mass is 325 g/mol. The largest absolute Gasteiger partial charge is 0.475 e. The molecule has 0 bridgehead atoms. The molecule has 2 heterocycles. The number of hydrogen-bond acceptors (Lipinski definition) is 4. The van der Waals surface area contributed by atoms with Crippen LogP contribution in [0, 0.1) is 0 Å². The van der Waals surface area contributed by atoms with Crippen LogP contribution >= 0.6 is 0 Å². The van der Waals surface area contributed by atoms with E-state index in [0.717, 1.165) is 16.5 Å². The van der Waals surface area contributed by atoms with Crippen molar-refractivity contribution in [2.45, 2.75) is 6.54 Å². The molecule has 1 aromatic carbocycles. The number of rotatable bonds is 7. The van der Waals surface area contributed by atoms with Crippen molar-refractivity contribution in [3.63, 3.8) is 0 Å². The Morgan fingerprint density at radius 3 is 3.00 bits per heavy atom. The molecule has 0 atom stereocenters. The van der Waals surface area contributed by atoms with Gasteiger partial charge in [0.2, 0.25) is 5.88 Å². The number of pyridine rings is 1. The number of aromatic amines is 1. The van der Waals surface area contributed by atoms with E-state index >= 15 is 0 Å². The van der Waals surface area contributed by atoms with Gasteiger partial charge in [-0.25, -0.2) is 4.98 Å². The number of carbonyl (C=O) groups excluding carboxylic acids is 1. The Hall–Kier alpha value is -2.86. The highest BCUT2D eigenvalue weighted by atomic mass is 16.5. The third-order valence-electron chi connectivity index (χ3n) is 3.65. The van der Waals surface area contributed by atoms with Gasteiger partial charge in [-0.2, -0.15) is 0 Å². The molecule has 1 amide bonds.